The van der Waals surface area contributed by atoms with Crippen LogP contribution in [0, 0.1) is 5.41 Å². The molecule has 2 aliphatic heterocycles. The fraction of sp³-hybridized carbons (Fsp3) is 0.529. The number of hydrogen-bond donors (Lipinski definition) is 2. The highest BCUT2D eigenvalue weighted by Gasteiger charge is 2.50. The van der Waals surface area contributed by atoms with Gasteiger partial charge in [0.15, 0.2) is 6.61 Å². The molecule has 1 aromatic carbocycles. The summed E-state index contributed by atoms with van der Waals surface area (Å²) in [5.41, 5.74) is -0.913. The number of aliphatic hydroxyl groups is 1. The van der Waals surface area contributed by atoms with Gasteiger partial charge in [0.05, 0.1) is 16.5 Å². The van der Waals surface area contributed by atoms with E-state index in [1.54, 1.807) is 23.1 Å². The molecular weight excluding hydrogens is 367 g/mol. The molecule has 3 rings (SSSR count). The SMILES string of the molecule is O=C(COc1ccc(Cl)cc1Cl)N1CC[C@@H](O)[C@@]2(CCCNC2=O)C1. The van der Waals surface area contributed by atoms with E-state index < -0.39 is 11.5 Å². The molecule has 0 unspecified atom stereocenters. The van der Waals surface area contributed by atoms with Crippen molar-refractivity contribution < 1.29 is 19.4 Å². The van der Waals surface area contributed by atoms with Gasteiger partial charge in [0.25, 0.3) is 5.91 Å². The topological polar surface area (TPSA) is 78.9 Å². The Morgan fingerprint density at radius 1 is 1.44 bits per heavy atom. The minimum Gasteiger partial charge on any atom is -0.482 e. The number of carbonyl (C=O) groups is 2. The van der Waals surface area contributed by atoms with Crippen molar-refractivity contribution in [3.63, 3.8) is 0 Å². The molecule has 0 bridgehead atoms. The summed E-state index contributed by atoms with van der Waals surface area (Å²) in [7, 11) is 0. The molecule has 0 radical (unpaired) electrons. The predicted octanol–water partition coefficient (Wildman–Crippen LogP) is 1.86. The van der Waals surface area contributed by atoms with Crippen LogP contribution in [0.4, 0.5) is 0 Å². The Morgan fingerprint density at radius 2 is 2.24 bits per heavy atom. The molecule has 1 aromatic rings. The number of nitrogens with one attached hydrogen (secondary N) is 1. The number of carbonyl (C=O) groups excluding carboxylic acids is 2. The maximum atomic E-state index is 12.5. The number of aliphatic hydroxyl groups excluding tert-OH is 1. The molecule has 0 aliphatic carbocycles. The van der Waals surface area contributed by atoms with Crippen molar-refractivity contribution in [3.05, 3.63) is 28.2 Å². The standard InChI is InChI=1S/C17H20Cl2N2O4/c18-11-2-3-13(12(19)8-11)25-9-15(23)21-7-4-14(22)17(10-21)5-1-6-20-16(17)24/h2-3,8,14,22H,1,4-7,9-10H2,(H,20,24)/t14-,17-/m1/s1. The van der Waals surface area contributed by atoms with Gasteiger partial charge in [-0.2, -0.15) is 0 Å². The summed E-state index contributed by atoms with van der Waals surface area (Å²) in [6, 6.07) is 4.78. The minimum absolute atomic E-state index is 0.176. The fourth-order valence-corrected chi connectivity index (χ4v) is 3.94. The zero-order valence-electron chi connectivity index (χ0n) is 13.6. The van der Waals surface area contributed by atoms with Crippen molar-refractivity contribution in [3.8, 4) is 5.75 Å². The Hall–Kier alpha value is -1.50. The average Bonchev–Trinajstić information content (AvgIpc) is 2.58. The number of hydrogen-bond acceptors (Lipinski definition) is 4. The summed E-state index contributed by atoms with van der Waals surface area (Å²) in [5.74, 6) is -0.0392. The molecule has 2 aliphatic rings. The Kier molecular flexibility index (Phi) is 5.41. The second-order valence-corrected chi connectivity index (χ2v) is 7.34. The molecule has 2 fully saturated rings. The normalized spacial score (nSPS) is 26.4. The molecule has 0 saturated carbocycles. The number of ether oxygens (including phenoxy) is 1. The zero-order valence-corrected chi connectivity index (χ0v) is 15.1. The van der Waals surface area contributed by atoms with Crippen LogP contribution in [0.25, 0.3) is 0 Å². The van der Waals surface area contributed by atoms with Gasteiger partial charge in [0.1, 0.15) is 5.75 Å². The molecule has 25 heavy (non-hydrogen) atoms. The van der Waals surface area contributed by atoms with Gasteiger partial charge in [-0.3, -0.25) is 9.59 Å². The lowest BCUT2D eigenvalue weighted by molar-refractivity contribution is -0.155. The van der Waals surface area contributed by atoms with Gasteiger partial charge < -0.3 is 20.1 Å². The fourth-order valence-electron chi connectivity index (χ4n) is 3.48. The highest BCUT2D eigenvalue weighted by molar-refractivity contribution is 6.35. The zero-order chi connectivity index (χ0) is 18.0. The largest absolute Gasteiger partial charge is 0.482 e. The number of piperidine rings is 2. The Labute approximate surface area is 156 Å². The number of rotatable bonds is 3. The lowest BCUT2D eigenvalue weighted by Gasteiger charge is -2.46. The Morgan fingerprint density at radius 3 is 2.96 bits per heavy atom. The quantitative estimate of drug-likeness (QED) is 0.830. The molecule has 8 heteroatoms. The van der Waals surface area contributed by atoms with Crippen LogP contribution in [0.1, 0.15) is 19.3 Å². The van der Waals surface area contributed by atoms with Gasteiger partial charge in [-0.05, 0) is 37.5 Å². The molecule has 2 heterocycles. The van der Waals surface area contributed by atoms with Crippen molar-refractivity contribution in [2.75, 3.05) is 26.2 Å². The number of halogens is 2. The van der Waals surface area contributed by atoms with Crippen LogP contribution in [-0.2, 0) is 9.59 Å². The van der Waals surface area contributed by atoms with Crippen LogP contribution in [0.15, 0.2) is 18.2 Å². The summed E-state index contributed by atoms with van der Waals surface area (Å²) in [6.45, 7) is 1.03. The molecular formula is C17H20Cl2N2O4. The first kappa shape index (κ1) is 18.3. The first-order valence-electron chi connectivity index (χ1n) is 8.24. The molecule has 6 nitrogen and oxygen atoms in total. The van der Waals surface area contributed by atoms with Crippen molar-refractivity contribution in [1.82, 2.24) is 10.2 Å². The lowest BCUT2D eigenvalue weighted by Crippen LogP contribution is -2.62. The second kappa shape index (κ2) is 7.40. The third-order valence-electron chi connectivity index (χ3n) is 4.92. The number of benzene rings is 1. The number of likely N-dealkylation sites (tertiary alicyclic amines) is 1. The number of nitrogens with zero attached hydrogens (tertiary/aromatic N) is 1. The highest BCUT2D eigenvalue weighted by Crippen LogP contribution is 2.37. The Balaban J connectivity index is 1.65. The molecule has 1 spiro atoms. The smallest absolute Gasteiger partial charge is 0.260 e. The lowest BCUT2D eigenvalue weighted by atomic mass is 9.71. The summed E-state index contributed by atoms with van der Waals surface area (Å²) in [4.78, 5) is 26.4. The molecule has 136 valence electrons. The summed E-state index contributed by atoms with van der Waals surface area (Å²) in [6.07, 6.45) is 1.01. The average molecular weight is 387 g/mol. The van der Waals surface area contributed by atoms with E-state index in [0.29, 0.717) is 41.7 Å². The number of amides is 2. The molecule has 2 atom stereocenters. The first-order chi connectivity index (χ1) is 11.9. The van der Waals surface area contributed by atoms with E-state index in [2.05, 4.69) is 5.32 Å². The van der Waals surface area contributed by atoms with Gasteiger partial charge in [-0.25, -0.2) is 0 Å². The van der Waals surface area contributed by atoms with Crippen molar-refractivity contribution >= 4 is 35.0 Å². The van der Waals surface area contributed by atoms with Crippen molar-refractivity contribution in [1.29, 1.82) is 0 Å². The van der Waals surface area contributed by atoms with Crippen LogP contribution in [0.5, 0.6) is 5.75 Å². The third kappa shape index (κ3) is 3.71. The molecule has 0 aromatic heterocycles. The summed E-state index contributed by atoms with van der Waals surface area (Å²) >= 11 is 11.9. The maximum absolute atomic E-state index is 12.5. The van der Waals surface area contributed by atoms with Gasteiger partial charge in [-0.15, -0.1) is 0 Å². The van der Waals surface area contributed by atoms with E-state index in [1.807, 2.05) is 0 Å². The first-order valence-corrected chi connectivity index (χ1v) is 9.00. The van der Waals surface area contributed by atoms with E-state index in [9.17, 15) is 14.7 Å². The molecule has 2 saturated heterocycles. The summed E-state index contributed by atoms with van der Waals surface area (Å²) in [5, 5.41) is 14.0. The van der Waals surface area contributed by atoms with Crippen molar-refractivity contribution in [2.45, 2.75) is 25.4 Å². The van der Waals surface area contributed by atoms with Crippen LogP contribution >= 0.6 is 23.2 Å². The molecule has 2 amide bonds. The predicted molar refractivity (Wildman–Crippen MR) is 93.8 cm³/mol. The van der Waals surface area contributed by atoms with E-state index in [1.165, 1.54) is 0 Å². The van der Waals surface area contributed by atoms with E-state index in [-0.39, 0.29) is 25.0 Å². The maximum Gasteiger partial charge on any atom is 0.260 e. The van der Waals surface area contributed by atoms with Crippen LogP contribution < -0.4 is 10.1 Å². The van der Waals surface area contributed by atoms with Crippen LogP contribution in [-0.4, -0.2) is 54.2 Å². The summed E-state index contributed by atoms with van der Waals surface area (Å²) < 4.78 is 5.49. The van der Waals surface area contributed by atoms with Gasteiger partial charge >= 0.3 is 0 Å². The van der Waals surface area contributed by atoms with Gasteiger partial charge in [0, 0.05) is 24.7 Å². The van der Waals surface area contributed by atoms with E-state index >= 15 is 0 Å². The van der Waals surface area contributed by atoms with E-state index in [4.69, 9.17) is 27.9 Å². The Bertz CT molecular complexity index is 685. The highest BCUT2D eigenvalue weighted by atomic mass is 35.5. The third-order valence-corrected chi connectivity index (χ3v) is 5.45. The van der Waals surface area contributed by atoms with Crippen LogP contribution in [0.3, 0.4) is 0 Å². The van der Waals surface area contributed by atoms with Gasteiger partial charge in [0.2, 0.25) is 5.91 Å². The monoisotopic (exact) mass is 386 g/mol. The van der Waals surface area contributed by atoms with Gasteiger partial charge in [-0.1, -0.05) is 23.2 Å². The van der Waals surface area contributed by atoms with Crippen molar-refractivity contribution in [2.24, 2.45) is 5.41 Å². The minimum atomic E-state index is -0.913. The van der Waals surface area contributed by atoms with Crippen LogP contribution in [0.2, 0.25) is 10.0 Å². The van der Waals surface area contributed by atoms with E-state index in [0.717, 1.165) is 6.42 Å². The second-order valence-electron chi connectivity index (χ2n) is 6.50. The molecule has 2 N–H and O–H groups in total.